The summed E-state index contributed by atoms with van der Waals surface area (Å²) < 4.78 is 23.6. The van der Waals surface area contributed by atoms with Gasteiger partial charge in [0, 0.05) is 16.5 Å². The standard InChI is InChI=1S/C33H46O6/c1-8-10-12-14-28(38-32(34)23(3)4)21-36-27-18-19-30-26(20-27)17-16-25(7)31(30)37-22-29(15-13-11-9-2)39-33(35)24(5)6/h16-20,28-29H,3,5,8-15,21-22H2,1-2,4,6-7H3. The highest BCUT2D eigenvalue weighted by Crippen LogP contribution is 2.32. The molecule has 0 saturated carbocycles. The molecule has 0 saturated heterocycles. The van der Waals surface area contributed by atoms with E-state index < -0.39 is 11.9 Å². The van der Waals surface area contributed by atoms with Crippen molar-refractivity contribution in [1.82, 2.24) is 0 Å². The fourth-order valence-corrected chi connectivity index (χ4v) is 4.14. The van der Waals surface area contributed by atoms with E-state index >= 15 is 0 Å². The molecule has 0 aliphatic carbocycles. The Balaban J connectivity index is 2.14. The summed E-state index contributed by atoms with van der Waals surface area (Å²) in [5, 5.41) is 1.92. The molecule has 0 aliphatic rings. The molecule has 0 aromatic heterocycles. The van der Waals surface area contributed by atoms with E-state index in [0.29, 0.717) is 16.9 Å². The zero-order chi connectivity index (χ0) is 28.8. The van der Waals surface area contributed by atoms with Crippen molar-refractivity contribution >= 4 is 22.7 Å². The molecular formula is C33H46O6. The van der Waals surface area contributed by atoms with E-state index in [1.165, 1.54) is 0 Å². The van der Waals surface area contributed by atoms with Crippen molar-refractivity contribution in [3.05, 3.63) is 60.2 Å². The van der Waals surface area contributed by atoms with Crippen molar-refractivity contribution < 1.29 is 28.5 Å². The highest BCUT2D eigenvalue weighted by Gasteiger charge is 2.19. The summed E-state index contributed by atoms with van der Waals surface area (Å²) in [4.78, 5) is 24.3. The number of hydrogen-bond donors (Lipinski definition) is 0. The van der Waals surface area contributed by atoms with E-state index in [9.17, 15) is 9.59 Å². The number of benzene rings is 2. The minimum atomic E-state index is -0.391. The van der Waals surface area contributed by atoms with E-state index in [2.05, 4.69) is 27.0 Å². The van der Waals surface area contributed by atoms with Crippen LogP contribution in [0.5, 0.6) is 11.5 Å². The van der Waals surface area contributed by atoms with Crippen molar-refractivity contribution in [3.8, 4) is 11.5 Å². The Morgan fingerprint density at radius 1 is 0.769 bits per heavy atom. The molecule has 0 bridgehead atoms. The van der Waals surface area contributed by atoms with Crippen LogP contribution < -0.4 is 9.47 Å². The Labute approximate surface area is 234 Å². The number of aryl methyl sites for hydroxylation is 1. The van der Waals surface area contributed by atoms with Crippen LogP contribution in [0.1, 0.15) is 84.6 Å². The molecule has 2 aromatic rings. The maximum atomic E-state index is 12.2. The summed E-state index contributed by atoms with van der Waals surface area (Å²) in [7, 11) is 0. The summed E-state index contributed by atoms with van der Waals surface area (Å²) in [5.74, 6) is 0.673. The molecule has 0 radical (unpaired) electrons. The van der Waals surface area contributed by atoms with Gasteiger partial charge in [0.15, 0.2) is 0 Å². The number of fused-ring (bicyclic) bond motifs is 1. The summed E-state index contributed by atoms with van der Waals surface area (Å²) in [5.41, 5.74) is 1.76. The largest absolute Gasteiger partial charge is 0.490 e. The number of rotatable bonds is 18. The van der Waals surface area contributed by atoms with Crippen LogP contribution in [0.2, 0.25) is 0 Å². The van der Waals surface area contributed by atoms with Crippen LogP contribution >= 0.6 is 0 Å². The van der Waals surface area contributed by atoms with Crippen LogP contribution in [0.15, 0.2) is 54.6 Å². The van der Waals surface area contributed by atoms with Gasteiger partial charge in [-0.25, -0.2) is 9.59 Å². The van der Waals surface area contributed by atoms with Gasteiger partial charge in [-0.15, -0.1) is 0 Å². The number of unbranched alkanes of at least 4 members (excludes halogenated alkanes) is 4. The quantitative estimate of drug-likeness (QED) is 0.109. The van der Waals surface area contributed by atoms with Gasteiger partial charge in [-0.2, -0.15) is 0 Å². The Hall–Kier alpha value is -3.28. The lowest BCUT2D eigenvalue weighted by Crippen LogP contribution is -2.26. The van der Waals surface area contributed by atoms with Gasteiger partial charge >= 0.3 is 11.9 Å². The van der Waals surface area contributed by atoms with Crippen LogP contribution in [0, 0.1) is 6.92 Å². The predicted octanol–water partition coefficient (Wildman–Crippen LogP) is 8.04. The monoisotopic (exact) mass is 538 g/mol. The lowest BCUT2D eigenvalue weighted by Gasteiger charge is -2.21. The number of carbonyl (C=O) groups is 2. The number of carbonyl (C=O) groups excluding carboxylic acids is 2. The smallest absolute Gasteiger partial charge is 0.333 e. The summed E-state index contributed by atoms with van der Waals surface area (Å²) in [6.45, 7) is 17.5. The Morgan fingerprint density at radius 3 is 1.82 bits per heavy atom. The molecule has 2 atom stereocenters. The SMILES string of the molecule is C=C(C)C(=O)OC(CCCCC)COc1ccc2c(OCC(CCCCC)OC(=O)C(=C)C)c(C)ccc2c1. The van der Waals surface area contributed by atoms with Crippen molar-refractivity contribution in [1.29, 1.82) is 0 Å². The molecule has 6 heteroatoms. The molecule has 0 heterocycles. The molecule has 2 unspecified atom stereocenters. The molecule has 39 heavy (non-hydrogen) atoms. The molecule has 0 spiro atoms. The second kappa shape index (κ2) is 16.6. The first-order valence-corrected chi connectivity index (χ1v) is 14.2. The fourth-order valence-electron chi connectivity index (χ4n) is 4.14. The molecule has 2 rings (SSSR count). The van der Waals surface area contributed by atoms with Gasteiger partial charge in [0.1, 0.15) is 36.9 Å². The maximum absolute atomic E-state index is 12.2. The average Bonchev–Trinajstić information content (AvgIpc) is 2.90. The van der Waals surface area contributed by atoms with Gasteiger partial charge in [0.2, 0.25) is 0 Å². The van der Waals surface area contributed by atoms with Crippen molar-refractivity contribution in [2.24, 2.45) is 0 Å². The number of esters is 2. The molecule has 0 fully saturated rings. The third-order valence-corrected chi connectivity index (χ3v) is 6.49. The van der Waals surface area contributed by atoms with Gasteiger partial charge in [-0.3, -0.25) is 0 Å². The first kappa shape index (κ1) is 31.9. The average molecular weight is 539 g/mol. The lowest BCUT2D eigenvalue weighted by atomic mass is 10.1. The molecule has 0 aliphatic heterocycles. The highest BCUT2D eigenvalue weighted by atomic mass is 16.6. The lowest BCUT2D eigenvalue weighted by molar-refractivity contribution is -0.147. The highest BCUT2D eigenvalue weighted by molar-refractivity contribution is 5.91. The third-order valence-electron chi connectivity index (χ3n) is 6.49. The van der Waals surface area contributed by atoms with E-state index in [1.807, 2.05) is 37.3 Å². The minimum Gasteiger partial charge on any atom is -0.490 e. The van der Waals surface area contributed by atoms with E-state index in [0.717, 1.165) is 73.5 Å². The zero-order valence-corrected chi connectivity index (χ0v) is 24.5. The minimum absolute atomic E-state index is 0.272. The van der Waals surface area contributed by atoms with Crippen LogP contribution in [-0.2, 0) is 19.1 Å². The van der Waals surface area contributed by atoms with Crippen LogP contribution in [-0.4, -0.2) is 37.4 Å². The predicted molar refractivity (Wildman–Crippen MR) is 157 cm³/mol. The maximum Gasteiger partial charge on any atom is 0.333 e. The van der Waals surface area contributed by atoms with Crippen molar-refractivity contribution in [2.45, 2.75) is 98.2 Å². The second-order valence-corrected chi connectivity index (χ2v) is 10.3. The first-order valence-electron chi connectivity index (χ1n) is 14.2. The van der Waals surface area contributed by atoms with Gasteiger partial charge in [0.25, 0.3) is 0 Å². The Bertz CT molecular complexity index is 1120. The van der Waals surface area contributed by atoms with Crippen LogP contribution in [0.3, 0.4) is 0 Å². The van der Waals surface area contributed by atoms with Gasteiger partial charge in [-0.1, -0.05) is 64.8 Å². The molecule has 2 aromatic carbocycles. The molecular weight excluding hydrogens is 492 g/mol. The summed E-state index contributed by atoms with van der Waals surface area (Å²) >= 11 is 0. The van der Waals surface area contributed by atoms with Crippen molar-refractivity contribution in [2.75, 3.05) is 13.2 Å². The second-order valence-electron chi connectivity index (χ2n) is 10.3. The number of ether oxygens (including phenoxy) is 4. The van der Waals surface area contributed by atoms with Crippen molar-refractivity contribution in [3.63, 3.8) is 0 Å². The van der Waals surface area contributed by atoms with Crippen LogP contribution in [0.25, 0.3) is 10.8 Å². The van der Waals surface area contributed by atoms with Gasteiger partial charge in [0.05, 0.1) is 0 Å². The number of hydrogen-bond acceptors (Lipinski definition) is 6. The van der Waals surface area contributed by atoms with Gasteiger partial charge < -0.3 is 18.9 Å². The van der Waals surface area contributed by atoms with Gasteiger partial charge in [-0.05, 0) is 75.6 Å². The molecule has 214 valence electrons. The Morgan fingerprint density at radius 2 is 1.31 bits per heavy atom. The first-order chi connectivity index (χ1) is 18.7. The fraction of sp³-hybridized carbons (Fsp3) is 0.515. The van der Waals surface area contributed by atoms with E-state index in [-0.39, 0.29) is 25.4 Å². The molecule has 0 N–H and O–H groups in total. The Kier molecular flexibility index (Phi) is 13.6. The molecule has 0 amide bonds. The normalized spacial score (nSPS) is 12.4. The summed E-state index contributed by atoms with van der Waals surface area (Å²) in [6.07, 6.45) is 7.06. The topological polar surface area (TPSA) is 71.1 Å². The summed E-state index contributed by atoms with van der Waals surface area (Å²) in [6, 6.07) is 9.88. The third kappa shape index (κ3) is 10.8. The van der Waals surface area contributed by atoms with E-state index in [4.69, 9.17) is 18.9 Å². The molecule has 6 nitrogen and oxygen atoms in total. The van der Waals surface area contributed by atoms with Crippen LogP contribution in [0.4, 0.5) is 0 Å². The van der Waals surface area contributed by atoms with E-state index in [1.54, 1.807) is 13.8 Å². The zero-order valence-electron chi connectivity index (χ0n) is 24.5.